The molecule has 0 aromatic heterocycles. The van der Waals surface area contributed by atoms with Crippen LogP contribution in [0.2, 0.25) is 0 Å². The van der Waals surface area contributed by atoms with Crippen LogP contribution in [0.5, 0.6) is 0 Å². The fraction of sp³-hybridized carbons (Fsp3) is 1.00. The molecule has 0 atom stereocenters. The Morgan fingerprint density at radius 3 is 1.35 bits per heavy atom. The van der Waals surface area contributed by atoms with Gasteiger partial charge in [-0.15, -0.1) is 0 Å². The zero-order chi connectivity index (χ0) is 14.3. The lowest BCUT2D eigenvalue weighted by Crippen LogP contribution is -2.39. The Hall–Kier alpha value is 0.540. The Morgan fingerprint density at radius 2 is 1.00 bits per heavy atom. The van der Waals surface area contributed by atoms with E-state index in [2.05, 4.69) is 0 Å². The summed E-state index contributed by atoms with van der Waals surface area (Å²) in [6.45, 7) is 4.94. The van der Waals surface area contributed by atoms with Gasteiger partial charge in [-0.05, 0) is 0 Å². The Bertz CT molecular complexity index is 252. The van der Waals surface area contributed by atoms with Crippen LogP contribution in [0.15, 0.2) is 0 Å². The number of hydroxylamine groups is 6. The molecule has 0 bridgehead atoms. The minimum atomic E-state index is 0.0570. The Balaban J connectivity index is 1.40. The molecule has 2 saturated heterocycles. The molecular weight excluding hydrogens is 292 g/mol. The minimum Gasteiger partial charge on any atom is -0.633 e. The molecule has 2 rings (SSSR count). The van der Waals surface area contributed by atoms with E-state index in [4.69, 9.17) is 0 Å². The van der Waals surface area contributed by atoms with Crippen LogP contribution in [0.3, 0.4) is 0 Å². The first-order valence-corrected chi connectivity index (χ1v) is 10.5. The average Bonchev–Trinajstić information content (AvgIpc) is 3.03. The van der Waals surface area contributed by atoms with E-state index in [0.29, 0.717) is 0 Å². The van der Waals surface area contributed by atoms with Gasteiger partial charge in [-0.25, -0.2) is 0 Å². The maximum atomic E-state index is 12.1. The molecule has 118 valence electrons. The number of rotatable bonds is 9. The van der Waals surface area contributed by atoms with E-state index in [9.17, 15) is 10.4 Å². The lowest BCUT2D eigenvalue weighted by Gasteiger charge is -2.38. The van der Waals surface area contributed by atoms with Crippen LogP contribution < -0.4 is 0 Å². The summed E-state index contributed by atoms with van der Waals surface area (Å²) in [7, 11) is 3.75. The molecule has 6 heteroatoms. The van der Waals surface area contributed by atoms with Crippen molar-refractivity contribution in [1.82, 2.24) is 0 Å². The lowest BCUT2D eigenvalue weighted by molar-refractivity contribution is -0.868. The highest BCUT2D eigenvalue weighted by Gasteiger charge is 2.22. The predicted octanol–water partition coefficient (Wildman–Crippen LogP) is 3.36. The first-order chi connectivity index (χ1) is 9.62. The largest absolute Gasteiger partial charge is 0.633 e. The summed E-state index contributed by atoms with van der Waals surface area (Å²) in [5, 5.41) is 24.2. The first kappa shape index (κ1) is 16.9. The summed E-state index contributed by atoms with van der Waals surface area (Å²) in [4.78, 5) is 0. The van der Waals surface area contributed by atoms with Crippen molar-refractivity contribution < 1.29 is 9.29 Å². The first-order valence-electron chi connectivity index (χ1n) is 8.01. The van der Waals surface area contributed by atoms with Crippen molar-refractivity contribution in [2.24, 2.45) is 0 Å². The van der Waals surface area contributed by atoms with Crippen LogP contribution in [0.1, 0.15) is 38.5 Å². The summed E-state index contributed by atoms with van der Waals surface area (Å²) < 4.78 is 0.114. The molecule has 0 aromatic rings. The Morgan fingerprint density at radius 1 is 0.650 bits per heavy atom. The van der Waals surface area contributed by atoms with E-state index in [1.807, 2.05) is 21.6 Å². The predicted molar refractivity (Wildman–Crippen MR) is 89.1 cm³/mol. The molecule has 0 amide bonds. The third-order valence-corrected chi connectivity index (χ3v) is 7.01. The molecule has 0 N–H and O–H groups in total. The second-order valence-electron chi connectivity index (χ2n) is 6.22. The van der Waals surface area contributed by atoms with Crippen LogP contribution in [-0.4, -0.2) is 60.1 Å². The lowest BCUT2D eigenvalue weighted by atomic mass is 10.4. The van der Waals surface area contributed by atoms with Crippen molar-refractivity contribution in [2.45, 2.75) is 38.5 Å². The van der Waals surface area contributed by atoms with Gasteiger partial charge >= 0.3 is 0 Å². The summed E-state index contributed by atoms with van der Waals surface area (Å²) in [6, 6.07) is 0. The molecule has 0 radical (unpaired) electrons. The molecule has 2 heterocycles. The number of likely N-dealkylation sites (tertiary alicyclic amines) is 2. The topological polar surface area (TPSA) is 46.1 Å². The van der Waals surface area contributed by atoms with Gasteiger partial charge in [0.15, 0.2) is 0 Å². The molecule has 4 nitrogen and oxygen atoms in total. The molecule has 0 aliphatic carbocycles. The van der Waals surface area contributed by atoms with Gasteiger partial charge in [0.05, 0.1) is 39.3 Å². The Kier molecular flexibility index (Phi) is 6.97. The maximum Gasteiger partial charge on any atom is 0.0792 e. The van der Waals surface area contributed by atoms with E-state index >= 15 is 0 Å². The van der Waals surface area contributed by atoms with Crippen molar-refractivity contribution in [1.29, 1.82) is 0 Å². The van der Waals surface area contributed by atoms with Crippen LogP contribution >= 0.6 is 21.6 Å². The smallest absolute Gasteiger partial charge is 0.0792 e. The third-order valence-electron chi connectivity index (χ3n) is 4.43. The highest BCUT2D eigenvalue weighted by atomic mass is 33.1. The highest BCUT2D eigenvalue weighted by molar-refractivity contribution is 8.76. The molecule has 0 spiro atoms. The van der Waals surface area contributed by atoms with Gasteiger partial charge in [-0.1, -0.05) is 21.6 Å². The monoisotopic (exact) mass is 320 g/mol. The van der Waals surface area contributed by atoms with Crippen molar-refractivity contribution >= 4 is 21.6 Å². The molecule has 2 aliphatic heterocycles. The van der Waals surface area contributed by atoms with Gasteiger partial charge in [0.25, 0.3) is 0 Å². The molecular formula is C14H28N2O2S2. The molecule has 0 saturated carbocycles. The molecule has 2 aliphatic rings. The van der Waals surface area contributed by atoms with E-state index < -0.39 is 0 Å². The quantitative estimate of drug-likeness (QED) is 0.283. The average molecular weight is 321 g/mol. The second kappa shape index (κ2) is 8.25. The molecule has 2 fully saturated rings. The fourth-order valence-corrected chi connectivity index (χ4v) is 5.36. The second-order valence-corrected chi connectivity index (χ2v) is 8.93. The number of hydrogen-bond donors (Lipinski definition) is 0. The zero-order valence-electron chi connectivity index (χ0n) is 12.4. The Labute approximate surface area is 131 Å². The van der Waals surface area contributed by atoms with E-state index in [1.54, 1.807) is 0 Å². The van der Waals surface area contributed by atoms with Crippen molar-refractivity contribution in [3.05, 3.63) is 10.4 Å². The molecule has 0 unspecified atom stereocenters. The van der Waals surface area contributed by atoms with Crippen LogP contribution in [0.4, 0.5) is 0 Å². The van der Waals surface area contributed by atoms with Crippen molar-refractivity contribution in [3.8, 4) is 0 Å². The summed E-state index contributed by atoms with van der Waals surface area (Å²) in [5.41, 5.74) is 0. The standard InChI is InChI=1S/C14H28N2O2S2/c17-15(7-1-2-8-15)11-5-13-19-20-14-6-12-16(18)9-3-4-10-16/h1-14H2. The van der Waals surface area contributed by atoms with Gasteiger partial charge in [0.1, 0.15) is 0 Å². The molecule has 20 heavy (non-hydrogen) atoms. The van der Waals surface area contributed by atoms with E-state index in [0.717, 1.165) is 89.3 Å². The summed E-state index contributed by atoms with van der Waals surface area (Å²) >= 11 is 0. The van der Waals surface area contributed by atoms with Gasteiger partial charge < -0.3 is 19.7 Å². The fourth-order valence-electron chi connectivity index (χ4n) is 3.21. The minimum absolute atomic E-state index is 0.0570. The van der Waals surface area contributed by atoms with Crippen LogP contribution in [0.25, 0.3) is 0 Å². The van der Waals surface area contributed by atoms with Crippen molar-refractivity contribution in [3.63, 3.8) is 0 Å². The molecule has 0 aromatic carbocycles. The van der Waals surface area contributed by atoms with Gasteiger partial charge in [0.2, 0.25) is 0 Å². The normalized spacial score (nSPS) is 24.3. The van der Waals surface area contributed by atoms with Crippen molar-refractivity contribution in [2.75, 3.05) is 50.8 Å². The van der Waals surface area contributed by atoms with E-state index in [-0.39, 0.29) is 9.29 Å². The SMILES string of the molecule is [O-][N+]1(CCCSSCCC[N+]2([O-])CCCC2)CCCC1. The van der Waals surface area contributed by atoms with Crippen LogP contribution in [-0.2, 0) is 0 Å². The van der Waals surface area contributed by atoms with Gasteiger partial charge in [-0.3, -0.25) is 0 Å². The summed E-state index contributed by atoms with van der Waals surface area (Å²) in [6.07, 6.45) is 6.51. The van der Waals surface area contributed by atoms with E-state index in [1.165, 1.54) is 0 Å². The number of nitrogens with zero attached hydrogens (tertiary/aromatic N) is 2. The van der Waals surface area contributed by atoms with Crippen LogP contribution in [0, 0.1) is 10.4 Å². The van der Waals surface area contributed by atoms with Gasteiger partial charge in [-0.2, -0.15) is 0 Å². The summed E-state index contributed by atoms with van der Waals surface area (Å²) in [5.74, 6) is 2.15. The van der Waals surface area contributed by atoms with Gasteiger partial charge in [0, 0.05) is 50.0 Å². The third kappa shape index (κ3) is 5.73. The maximum absolute atomic E-state index is 12.1. The highest BCUT2D eigenvalue weighted by Crippen LogP contribution is 2.26. The number of hydrogen-bond acceptors (Lipinski definition) is 4. The zero-order valence-corrected chi connectivity index (χ0v) is 14.1. The number of quaternary nitrogens is 2.